The molecule has 0 bridgehead atoms. The van der Waals surface area contributed by atoms with Crippen LogP contribution >= 0.6 is 15.9 Å². The summed E-state index contributed by atoms with van der Waals surface area (Å²) in [6, 6.07) is 15.5. The average Bonchev–Trinajstić information content (AvgIpc) is 2.64. The smallest absolute Gasteiger partial charge is 0.221 e. The third-order valence-electron chi connectivity index (χ3n) is 3.31. The maximum Gasteiger partial charge on any atom is 0.221 e. The number of hydrogen-bond donors (Lipinski definition) is 1. The number of halogens is 1. The molecular formula is C19H18BrNO4S. The first-order valence-corrected chi connectivity index (χ1v) is 10.3. The molecule has 0 aromatic heterocycles. The van der Waals surface area contributed by atoms with Crippen LogP contribution < -0.4 is 10.1 Å². The highest BCUT2D eigenvalue weighted by Gasteiger charge is 2.15. The molecule has 2 aromatic rings. The second-order valence-electron chi connectivity index (χ2n) is 5.26. The normalized spacial score (nSPS) is 10.5. The van der Waals surface area contributed by atoms with Crippen LogP contribution in [0.5, 0.6) is 5.75 Å². The molecule has 5 nitrogen and oxygen atoms in total. The minimum atomic E-state index is -3.45. The van der Waals surface area contributed by atoms with Crippen molar-refractivity contribution in [2.45, 2.75) is 11.3 Å². The monoisotopic (exact) mass is 435 g/mol. The maximum absolute atomic E-state index is 12.1. The number of carbonyl (C=O) groups is 1. The van der Waals surface area contributed by atoms with Gasteiger partial charge in [-0.3, -0.25) is 4.79 Å². The Morgan fingerprint density at radius 2 is 1.85 bits per heavy atom. The zero-order valence-electron chi connectivity index (χ0n) is 13.9. The molecule has 0 saturated carbocycles. The quantitative estimate of drug-likeness (QED) is 0.678. The van der Waals surface area contributed by atoms with Gasteiger partial charge in [0.25, 0.3) is 0 Å². The molecule has 0 aliphatic carbocycles. The van der Waals surface area contributed by atoms with Gasteiger partial charge in [0.15, 0.2) is 9.84 Å². The Kier molecular flexibility index (Phi) is 7.70. The van der Waals surface area contributed by atoms with E-state index in [4.69, 9.17) is 4.74 Å². The predicted molar refractivity (Wildman–Crippen MR) is 104 cm³/mol. The van der Waals surface area contributed by atoms with E-state index < -0.39 is 9.84 Å². The summed E-state index contributed by atoms with van der Waals surface area (Å²) in [5, 5.41) is 2.57. The number of nitrogens with one attached hydrogen (secondary N) is 1. The van der Waals surface area contributed by atoms with Crippen LogP contribution in [0, 0.1) is 11.8 Å². The van der Waals surface area contributed by atoms with Gasteiger partial charge in [0.05, 0.1) is 17.2 Å². The fraction of sp³-hybridized carbons (Fsp3) is 0.211. The van der Waals surface area contributed by atoms with Crippen molar-refractivity contribution in [3.05, 3.63) is 59.1 Å². The third kappa shape index (κ3) is 6.90. The van der Waals surface area contributed by atoms with Crippen LogP contribution in [0.4, 0.5) is 0 Å². The van der Waals surface area contributed by atoms with Gasteiger partial charge in [0.2, 0.25) is 5.91 Å². The van der Waals surface area contributed by atoms with E-state index >= 15 is 0 Å². The molecule has 0 radical (unpaired) electrons. The van der Waals surface area contributed by atoms with Crippen LogP contribution in [0.25, 0.3) is 0 Å². The number of hydrogen-bond acceptors (Lipinski definition) is 4. The van der Waals surface area contributed by atoms with Crippen LogP contribution in [0.2, 0.25) is 0 Å². The lowest BCUT2D eigenvalue weighted by Gasteiger charge is -2.04. The fourth-order valence-corrected chi connectivity index (χ4v) is 3.63. The van der Waals surface area contributed by atoms with Crippen LogP contribution in [0.1, 0.15) is 6.42 Å². The molecule has 0 aliphatic heterocycles. The highest BCUT2D eigenvalue weighted by Crippen LogP contribution is 2.17. The van der Waals surface area contributed by atoms with Crippen molar-refractivity contribution in [2.24, 2.45) is 0 Å². The van der Waals surface area contributed by atoms with Crippen molar-refractivity contribution >= 4 is 31.7 Å². The Balaban J connectivity index is 1.68. The largest absolute Gasteiger partial charge is 0.481 e. The van der Waals surface area contributed by atoms with Crippen molar-refractivity contribution in [1.29, 1.82) is 0 Å². The Bertz CT molecular complexity index is 902. The zero-order chi connectivity index (χ0) is 18.8. The lowest BCUT2D eigenvalue weighted by atomic mass is 10.3. The van der Waals surface area contributed by atoms with Crippen LogP contribution in [-0.4, -0.2) is 33.2 Å². The zero-order valence-corrected chi connectivity index (χ0v) is 16.3. The van der Waals surface area contributed by atoms with E-state index in [9.17, 15) is 13.2 Å². The predicted octanol–water partition coefficient (Wildman–Crippen LogP) is 2.81. The van der Waals surface area contributed by atoms with Crippen LogP contribution in [-0.2, 0) is 14.6 Å². The molecule has 2 aromatic carbocycles. The molecular weight excluding hydrogens is 418 g/mol. The van der Waals surface area contributed by atoms with E-state index in [1.807, 2.05) is 24.3 Å². The standard InChI is InChI=1S/C19H18BrNO4S/c20-16-7-6-8-17(15-16)25-13-5-4-12-21-19(22)11-14-26(23,24)18-9-2-1-3-10-18/h1-3,6-10,15H,11-14H2,(H,21,22). The fourth-order valence-electron chi connectivity index (χ4n) is 1.99. The van der Waals surface area contributed by atoms with Gasteiger partial charge in [0, 0.05) is 10.9 Å². The maximum atomic E-state index is 12.1. The first-order chi connectivity index (χ1) is 12.5. The van der Waals surface area contributed by atoms with Crippen molar-refractivity contribution in [3.63, 3.8) is 0 Å². The van der Waals surface area contributed by atoms with E-state index in [0.29, 0.717) is 5.75 Å². The van der Waals surface area contributed by atoms with Crippen molar-refractivity contribution < 1.29 is 17.9 Å². The summed E-state index contributed by atoms with van der Waals surface area (Å²) in [6.45, 7) is 0.348. The summed E-state index contributed by atoms with van der Waals surface area (Å²) in [5.74, 6) is 5.66. The Morgan fingerprint density at radius 3 is 2.58 bits per heavy atom. The molecule has 2 rings (SSSR count). The van der Waals surface area contributed by atoms with Crippen molar-refractivity contribution in [1.82, 2.24) is 5.32 Å². The van der Waals surface area contributed by atoms with Gasteiger partial charge in [-0.25, -0.2) is 8.42 Å². The topological polar surface area (TPSA) is 72.5 Å². The van der Waals surface area contributed by atoms with Crippen molar-refractivity contribution in [3.8, 4) is 17.6 Å². The number of amides is 1. The molecule has 7 heteroatoms. The molecule has 0 fully saturated rings. The first kappa shape index (κ1) is 20.0. The minimum absolute atomic E-state index is 0.104. The van der Waals surface area contributed by atoms with Gasteiger partial charge in [-0.15, -0.1) is 0 Å². The molecule has 1 N–H and O–H groups in total. The number of rotatable bonds is 7. The molecule has 26 heavy (non-hydrogen) atoms. The summed E-state index contributed by atoms with van der Waals surface area (Å²) in [4.78, 5) is 12.0. The minimum Gasteiger partial charge on any atom is -0.481 e. The van der Waals surface area contributed by atoms with E-state index in [1.54, 1.807) is 18.2 Å². The number of sulfone groups is 1. The summed E-state index contributed by atoms with van der Waals surface area (Å²) < 4.78 is 30.5. The lowest BCUT2D eigenvalue weighted by molar-refractivity contribution is -0.120. The van der Waals surface area contributed by atoms with E-state index in [1.165, 1.54) is 12.1 Å². The highest BCUT2D eigenvalue weighted by atomic mass is 79.9. The van der Waals surface area contributed by atoms with Crippen molar-refractivity contribution in [2.75, 3.05) is 18.9 Å². The van der Waals surface area contributed by atoms with Gasteiger partial charge in [0.1, 0.15) is 12.4 Å². The van der Waals surface area contributed by atoms with E-state index in [0.717, 1.165) is 4.47 Å². The van der Waals surface area contributed by atoms with Gasteiger partial charge in [-0.05, 0) is 30.3 Å². The molecule has 0 saturated heterocycles. The molecule has 0 unspecified atom stereocenters. The summed E-state index contributed by atoms with van der Waals surface area (Å²) in [6.07, 6.45) is -0.104. The molecule has 0 spiro atoms. The molecule has 1 amide bonds. The molecule has 0 aliphatic rings. The number of ether oxygens (including phenoxy) is 1. The van der Waals surface area contributed by atoms with Crippen LogP contribution in [0.3, 0.4) is 0 Å². The van der Waals surface area contributed by atoms with Gasteiger partial charge >= 0.3 is 0 Å². The Labute approximate surface area is 161 Å². The second kappa shape index (κ2) is 10.00. The third-order valence-corrected chi connectivity index (χ3v) is 5.53. The summed E-state index contributed by atoms with van der Waals surface area (Å²) in [5.41, 5.74) is 0. The number of benzene rings is 2. The number of carbonyl (C=O) groups excluding carboxylic acids is 1. The lowest BCUT2D eigenvalue weighted by Crippen LogP contribution is -2.26. The van der Waals surface area contributed by atoms with Crippen LogP contribution in [0.15, 0.2) is 64.0 Å². The van der Waals surface area contributed by atoms with Gasteiger partial charge in [-0.2, -0.15) is 0 Å². The summed E-state index contributed by atoms with van der Waals surface area (Å²) >= 11 is 3.35. The molecule has 0 atom stereocenters. The first-order valence-electron chi connectivity index (χ1n) is 7.86. The highest BCUT2D eigenvalue weighted by molar-refractivity contribution is 9.10. The SMILES string of the molecule is O=C(CCS(=O)(=O)c1ccccc1)NCC#CCOc1cccc(Br)c1. The summed E-state index contributed by atoms with van der Waals surface area (Å²) in [7, 11) is -3.45. The second-order valence-corrected chi connectivity index (χ2v) is 8.28. The Morgan fingerprint density at radius 1 is 1.08 bits per heavy atom. The Hall–Kier alpha value is -2.30. The van der Waals surface area contributed by atoms with Gasteiger partial charge < -0.3 is 10.1 Å². The average molecular weight is 436 g/mol. The molecule has 0 heterocycles. The molecule has 136 valence electrons. The van der Waals surface area contributed by atoms with Gasteiger partial charge in [-0.1, -0.05) is 52.0 Å². The van der Waals surface area contributed by atoms with E-state index in [-0.39, 0.29) is 36.1 Å². The van der Waals surface area contributed by atoms with E-state index in [2.05, 4.69) is 33.1 Å².